The smallest absolute Gasteiger partial charge is 0.292 e. The first kappa shape index (κ1) is 22.8. The Morgan fingerprint density at radius 2 is 2.16 bits per heavy atom. The number of amides is 1. The van der Waals surface area contributed by atoms with E-state index >= 15 is 0 Å². The van der Waals surface area contributed by atoms with Crippen LogP contribution in [0.3, 0.4) is 0 Å². The van der Waals surface area contributed by atoms with E-state index in [9.17, 15) is 4.79 Å². The van der Waals surface area contributed by atoms with Crippen molar-refractivity contribution in [2.24, 2.45) is 0 Å². The van der Waals surface area contributed by atoms with Gasteiger partial charge in [-0.05, 0) is 44.3 Å². The van der Waals surface area contributed by atoms with E-state index in [-0.39, 0.29) is 11.7 Å². The van der Waals surface area contributed by atoms with Crippen molar-refractivity contribution in [2.75, 3.05) is 44.3 Å². The summed E-state index contributed by atoms with van der Waals surface area (Å²) in [5.74, 6) is -0.450. The number of carbonyl (C=O) groups excluding carboxylic acids is 1. The molecule has 31 heavy (non-hydrogen) atoms. The molecule has 0 saturated heterocycles. The van der Waals surface area contributed by atoms with Crippen LogP contribution in [0.2, 0.25) is 5.02 Å². The second kappa shape index (κ2) is 10.9. The van der Waals surface area contributed by atoms with Crippen LogP contribution in [0.1, 0.15) is 23.8 Å². The largest absolute Gasteiger partial charge is 0.431 e. The van der Waals surface area contributed by atoms with Crippen LogP contribution >= 0.6 is 11.6 Å². The van der Waals surface area contributed by atoms with Gasteiger partial charge < -0.3 is 25.7 Å². The number of anilines is 2. The average Bonchev–Trinajstić information content (AvgIpc) is 3.41. The fourth-order valence-corrected chi connectivity index (χ4v) is 3.33. The minimum absolute atomic E-state index is 0.0681. The van der Waals surface area contributed by atoms with Gasteiger partial charge in [0.05, 0.1) is 16.9 Å². The molecular formula is C21H28ClN7O2. The number of likely N-dealkylation sites (N-methyl/N-ethyl adjacent to an activating group) is 2. The number of nitrogens with zero attached hydrogens (tertiary/aromatic N) is 4. The molecule has 0 fully saturated rings. The lowest BCUT2D eigenvalue weighted by molar-refractivity contribution is 0.102. The van der Waals surface area contributed by atoms with E-state index in [0.717, 1.165) is 50.3 Å². The molecule has 166 valence electrons. The maximum Gasteiger partial charge on any atom is 0.292 e. The highest BCUT2D eigenvalue weighted by atomic mass is 35.5. The highest BCUT2D eigenvalue weighted by Crippen LogP contribution is 2.29. The number of nitrogen functional groups attached to an aromatic ring is 1. The van der Waals surface area contributed by atoms with E-state index in [0.29, 0.717) is 10.7 Å². The Morgan fingerprint density at radius 3 is 2.87 bits per heavy atom. The summed E-state index contributed by atoms with van der Waals surface area (Å²) >= 11 is 6.26. The maximum atomic E-state index is 12.3. The molecule has 10 heteroatoms. The zero-order chi connectivity index (χ0) is 22.2. The minimum atomic E-state index is -0.450. The van der Waals surface area contributed by atoms with Crippen LogP contribution in [-0.4, -0.2) is 58.8 Å². The van der Waals surface area contributed by atoms with Crippen molar-refractivity contribution < 1.29 is 9.21 Å². The van der Waals surface area contributed by atoms with Crippen molar-refractivity contribution in [3.63, 3.8) is 0 Å². The molecule has 0 spiro atoms. The summed E-state index contributed by atoms with van der Waals surface area (Å²) in [6.45, 7) is 7.09. The fraction of sp³-hybridized carbons (Fsp3) is 0.381. The van der Waals surface area contributed by atoms with Crippen LogP contribution < -0.4 is 16.4 Å². The SMILES string of the molecule is CCN(CCCn1cc(-c2ccc(Cl)c(NC(=O)c3coc(N)n3)c2)cn1)CCNC. The first-order valence-electron chi connectivity index (χ1n) is 10.2. The molecule has 0 bridgehead atoms. The lowest BCUT2D eigenvalue weighted by Crippen LogP contribution is -2.32. The van der Waals surface area contributed by atoms with Crippen LogP contribution in [0.25, 0.3) is 11.1 Å². The molecule has 3 rings (SSSR count). The predicted octanol–water partition coefficient (Wildman–Crippen LogP) is 2.96. The summed E-state index contributed by atoms with van der Waals surface area (Å²) in [5, 5.41) is 10.8. The lowest BCUT2D eigenvalue weighted by atomic mass is 10.1. The Bertz CT molecular complexity index is 1000. The van der Waals surface area contributed by atoms with Crippen molar-refractivity contribution in [3.8, 4) is 11.1 Å². The fourth-order valence-electron chi connectivity index (χ4n) is 3.17. The molecule has 0 radical (unpaired) electrons. The Morgan fingerprint density at radius 1 is 1.32 bits per heavy atom. The second-order valence-corrected chi connectivity index (χ2v) is 7.51. The van der Waals surface area contributed by atoms with E-state index in [4.69, 9.17) is 21.8 Å². The number of oxazole rings is 1. The van der Waals surface area contributed by atoms with Gasteiger partial charge in [-0.15, -0.1) is 0 Å². The molecule has 2 heterocycles. The summed E-state index contributed by atoms with van der Waals surface area (Å²) in [7, 11) is 1.97. The number of rotatable bonds is 11. The molecule has 0 aliphatic carbocycles. The van der Waals surface area contributed by atoms with E-state index in [1.165, 1.54) is 6.26 Å². The Hall–Kier alpha value is -2.88. The molecule has 3 aromatic rings. The van der Waals surface area contributed by atoms with Crippen LogP contribution in [0.4, 0.5) is 11.7 Å². The highest BCUT2D eigenvalue weighted by Gasteiger charge is 2.14. The Kier molecular flexibility index (Phi) is 8.05. The van der Waals surface area contributed by atoms with Gasteiger partial charge in [0.2, 0.25) is 0 Å². The number of hydrogen-bond donors (Lipinski definition) is 3. The quantitative estimate of drug-likeness (QED) is 0.415. The number of carbonyl (C=O) groups is 1. The lowest BCUT2D eigenvalue weighted by Gasteiger charge is -2.19. The van der Waals surface area contributed by atoms with Crippen molar-refractivity contribution in [3.05, 3.63) is 47.6 Å². The molecule has 0 saturated carbocycles. The van der Waals surface area contributed by atoms with Crippen LogP contribution in [-0.2, 0) is 6.54 Å². The first-order chi connectivity index (χ1) is 15.0. The van der Waals surface area contributed by atoms with Gasteiger partial charge >= 0.3 is 0 Å². The summed E-state index contributed by atoms with van der Waals surface area (Å²) in [4.78, 5) is 18.6. The van der Waals surface area contributed by atoms with Gasteiger partial charge in [0.25, 0.3) is 11.9 Å². The van der Waals surface area contributed by atoms with Crippen LogP contribution in [0, 0.1) is 0 Å². The third-order valence-corrected chi connectivity index (χ3v) is 5.25. The van der Waals surface area contributed by atoms with Gasteiger partial charge in [-0.2, -0.15) is 10.1 Å². The van der Waals surface area contributed by atoms with Crippen molar-refractivity contribution >= 4 is 29.2 Å². The van der Waals surface area contributed by atoms with E-state index < -0.39 is 5.91 Å². The highest BCUT2D eigenvalue weighted by molar-refractivity contribution is 6.34. The van der Waals surface area contributed by atoms with Gasteiger partial charge in [-0.3, -0.25) is 9.48 Å². The zero-order valence-corrected chi connectivity index (χ0v) is 18.5. The van der Waals surface area contributed by atoms with Gasteiger partial charge in [-0.1, -0.05) is 24.6 Å². The summed E-state index contributed by atoms with van der Waals surface area (Å²) in [6.07, 6.45) is 6.02. The van der Waals surface area contributed by atoms with Crippen molar-refractivity contribution in [1.29, 1.82) is 0 Å². The molecule has 0 atom stereocenters. The molecule has 2 aromatic heterocycles. The number of halogens is 1. The van der Waals surface area contributed by atoms with Gasteiger partial charge in [0, 0.05) is 31.4 Å². The second-order valence-electron chi connectivity index (χ2n) is 7.10. The molecule has 0 aliphatic heterocycles. The minimum Gasteiger partial charge on any atom is -0.431 e. The first-order valence-corrected chi connectivity index (χ1v) is 10.6. The molecule has 1 aromatic carbocycles. The maximum absolute atomic E-state index is 12.3. The molecule has 1 amide bonds. The molecule has 9 nitrogen and oxygen atoms in total. The topological polar surface area (TPSA) is 114 Å². The van der Waals surface area contributed by atoms with E-state index in [2.05, 4.69) is 32.5 Å². The van der Waals surface area contributed by atoms with Gasteiger partial charge in [0.1, 0.15) is 6.26 Å². The molecule has 0 aliphatic rings. The van der Waals surface area contributed by atoms with Crippen molar-refractivity contribution in [1.82, 2.24) is 25.0 Å². The number of nitrogens with two attached hydrogens (primary N) is 1. The number of hydrogen-bond acceptors (Lipinski definition) is 7. The number of benzene rings is 1. The summed E-state index contributed by atoms with van der Waals surface area (Å²) in [5.41, 5.74) is 7.83. The standard InChI is InChI=1S/C21H28ClN7O2/c1-3-28(10-7-24-2)8-4-9-29-13-16(12-25-29)15-5-6-17(22)18(11-15)26-20(30)19-14-31-21(23)27-19/h5-6,11-14,24H,3-4,7-10H2,1-2H3,(H2,23,27)(H,26,30). The Balaban J connectivity index is 1.62. The molecular weight excluding hydrogens is 418 g/mol. The van der Waals surface area contributed by atoms with Crippen LogP contribution in [0.15, 0.2) is 41.3 Å². The van der Waals surface area contributed by atoms with Gasteiger partial charge in [0.15, 0.2) is 5.69 Å². The van der Waals surface area contributed by atoms with Crippen molar-refractivity contribution in [2.45, 2.75) is 19.9 Å². The average molecular weight is 446 g/mol. The summed E-state index contributed by atoms with van der Waals surface area (Å²) < 4.78 is 6.82. The molecule has 0 unspecified atom stereocenters. The van der Waals surface area contributed by atoms with E-state index in [1.807, 2.05) is 36.3 Å². The number of aryl methyl sites for hydroxylation is 1. The summed E-state index contributed by atoms with van der Waals surface area (Å²) in [6, 6.07) is 5.37. The number of nitrogens with one attached hydrogen (secondary N) is 2. The Labute approximate surface area is 186 Å². The normalized spacial score (nSPS) is 11.2. The monoisotopic (exact) mass is 445 g/mol. The molecule has 4 N–H and O–H groups in total. The zero-order valence-electron chi connectivity index (χ0n) is 17.8. The predicted molar refractivity (Wildman–Crippen MR) is 122 cm³/mol. The van der Waals surface area contributed by atoms with Gasteiger partial charge in [-0.25, -0.2) is 0 Å². The number of aromatic nitrogens is 3. The third kappa shape index (κ3) is 6.30. The third-order valence-electron chi connectivity index (χ3n) is 4.92. The van der Waals surface area contributed by atoms with Crippen LogP contribution in [0.5, 0.6) is 0 Å². The van der Waals surface area contributed by atoms with E-state index in [1.54, 1.807) is 6.07 Å².